The molecule has 0 spiro atoms. The third-order valence-corrected chi connectivity index (χ3v) is 7.15. The van der Waals surface area contributed by atoms with E-state index in [2.05, 4.69) is 46.0 Å². The van der Waals surface area contributed by atoms with Crippen molar-refractivity contribution in [1.82, 2.24) is 14.9 Å². The molecule has 0 atom stereocenters. The third-order valence-electron chi connectivity index (χ3n) is 5.95. The van der Waals surface area contributed by atoms with Gasteiger partial charge in [-0.15, -0.1) is 11.3 Å². The molecule has 5 heteroatoms. The molecule has 3 aromatic rings. The zero-order chi connectivity index (χ0) is 18.2. The molecule has 0 amide bonds. The minimum absolute atomic E-state index is 1.06. The van der Waals surface area contributed by atoms with Crippen molar-refractivity contribution in [3.63, 3.8) is 0 Å². The zero-order valence-corrected chi connectivity index (χ0v) is 16.8. The molecule has 5 rings (SSSR count). The van der Waals surface area contributed by atoms with E-state index < -0.39 is 0 Å². The summed E-state index contributed by atoms with van der Waals surface area (Å²) in [5, 5.41) is 1.35. The van der Waals surface area contributed by atoms with Crippen molar-refractivity contribution in [1.29, 1.82) is 0 Å². The lowest BCUT2D eigenvalue weighted by molar-refractivity contribution is 0.260. The second-order valence-electron chi connectivity index (χ2n) is 7.80. The number of aromatic nitrogens is 2. The summed E-state index contributed by atoms with van der Waals surface area (Å²) in [6.45, 7) is 7.67. The van der Waals surface area contributed by atoms with Gasteiger partial charge in [0.05, 0.1) is 5.39 Å². The summed E-state index contributed by atoms with van der Waals surface area (Å²) in [6, 6.07) is 8.90. The SMILES string of the molecule is Cc1cccc(CCN2CCN(c3ncnc4sc5c(c34)CCC5)CC2)c1. The summed E-state index contributed by atoms with van der Waals surface area (Å²) in [5.74, 6) is 1.18. The Morgan fingerprint density at radius 1 is 1.07 bits per heavy atom. The minimum atomic E-state index is 1.06. The van der Waals surface area contributed by atoms with Crippen LogP contribution >= 0.6 is 11.3 Å². The summed E-state index contributed by atoms with van der Waals surface area (Å²) in [7, 11) is 0. The van der Waals surface area contributed by atoms with Gasteiger partial charge in [0.15, 0.2) is 0 Å². The monoisotopic (exact) mass is 378 g/mol. The van der Waals surface area contributed by atoms with E-state index in [-0.39, 0.29) is 0 Å². The summed E-state index contributed by atoms with van der Waals surface area (Å²) >= 11 is 1.88. The van der Waals surface area contributed by atoms with Crippen LogP contribution in [-0.2, 0) is 19.3 Å². The van der Waals surface area contributed by atoms with Crippen molar-refractivity contribution < 1.29 is 0 Å². The van der Waals surface area contributed by atoms with Gasteiger partial charge in [-0.05, 0) is 43.7 Å². The van der Waals surface area contributed by atoms with Crippen molar-refractivity contribution in [2.24, 2.45) is 0 Å². The fraction of sp³-hybridized carbons (Fsp3) is 0.455. The van der Waals surface area contributed by atoms with E-state index in [1.807, 2.05) is 11.3 Å². The Morgan fingerprint density at radius 2 is 1.96 bits per heavy atom. The standard InChI is InChI=1S/C22H26N4S/c1-16-4-2-5-17(14-16)8-9-25-10-12-26(13-11-25)21-20-18-6-3-7-19(18)27-22(20)24-15-23-21/h2,4-5,14-15H,3,6-13H2,1H3. The van der Waals surface area contributed by atoms with Gasteiger partial charge >= 0.3 is 0 Å². The average Bonchev–Trinajstić information content (AvgIpc) is 3.28. The van der Waals surface area contributed by atoms with Crippen LogP contribution in [0.15, 0.2) is 30.6 Å². The van der Waals surface area contributed by atoms with Crippen molar-refractivity contribution in [2.45, 2.75) is 32.6 Å². The highest BCUT2D eigenvalue weighted by atomic mass is 32.1. The van der Waals surface area contributed by atoms with Crippen LogP contribution in [0.25, 0.3) is 10.2 Å². The van der Waals surface area contributed by atoms with Gasteiger partial charge in [0.25, 0.3) is 0 Å². The topological polar surface area (TPSA) is 32.3 Å². The molecule has 27 heavy (non-hydrogen) atoms. The number of piperazine rings is 1. The Kier molecular flexibility index (Phi) is 4.58. The maximum absolute atomic E-state index is 4.71. The van der Waals surface area contributed by atoms with Gasteiger partial charge in [-0.2, -0.15) is 0 Å². The lowest BCUT2D eigenvalue weighted by Crippen LogP contribution is -2.47. The number of fused-ring (bicyclic) bond motifs is 3. The fourth-order valence-corrected chi connectivity index (χ4v) is 5.71. The lowest BCUT2D eigenvalue weighted by Gasteiger charge is -2.35. The number of benzene rings is 1. The number of rotatable bonds is 4. The lowest BCUT2D eigenvalue weighted by atomic mass is 10.1. The number of aryl methyl sites for hydroxylation is 3. The Labute approximate surface area is 164 Å². The quantitative estimate of drug-likeness (QED) is 0.690. The number of hydrogen-bond acceptors (Lipinski definition) is 5. The van der Waals surface area contributed by atoms with Gasteiger partial charge in [0, 0.05) is 37.6 Å². The van der Waals surface area contributed by atoms with Gasteiger partial charge in [-0.25, -0.2) is 9.97 Å². The molecular weight excluding hydrogens is 352 g/mol. The highest BCUT2D eigenvalue weighted by Crippen LogP contribution is 2.40. The highest BCUT2D eigenvalue weighted by molar-refractivity contribution is 7.19. The van der Waals surface area contributed by atoms with Crippen LogP contribution in [0.5, 0.6) is 0 Å². The van der Waals surface area contributed by atoms with Gasteiger partial charge in [-0.1, -0.05) is 29.8 Å². The molecule has 0 bridgehead atoms. The molecular formula is C22H26N4S. The van der Waals surface area contributed by atoms with E-state index in [1.54, 1.807) is 11.2 Å². The highest BCUT2D eigenvalue weighted by Gasteiger charge is 2.25. The molecule has 1 aromatic carbocycles. The van der Waals surface area contributed by atoms with E-state index in [4.69, 9.17) is 4.98 Å². The second kappa shape index (κ2) is 7.21. The maximum Gasteiger partial charge on any atom is 0.141 e. The number of thiophene rings is 1. The Hall–Kier alpha value is -1.98. The van der Waals surface area contributed by atoms with E-state index >= 15 is 0 Å². The second-order valence-corrected chi connectivity index (χ2v) is 8.89. The van der Waals surface area contributed by atoms with Crippen LogP contribution in [0.2, 0.25) is 0 Å². The molecule has 1 aliphatic heterocycles. The van der Waals surface area contributed by atoms with Crippen LogP contribution in [0.3, 0.4) is 0 Å². The third kappa shape index (κ3) is 3.34. The average molecular weight is 379 g/mol. The van der Waals surface area contributed by atoms with Crippen LogP contribution in [0.4, 0.5) is 5.82 Å². The van der Waals surface area contributed by atoms with Crippen molar-refractivity contribution in [3.05, 3.63) is 52.2 Å². The molecule has 0 saturated carbocycles. The smallest absolute Gasteiger partial charge is 0.141 e. The Balaban J connectivity index is 1.26. The molecule has 1 saturated heterocycles. The Bertz CT molecular complexity index is 956. The maximum atomic E-state index is 4.71. The van der Waals surface area contributed by atoms with E-state index in [1.165, 1.54) is 52.0 Å². The molecule has 140 valence electrons. The van der Waals surface area contributed by atoms with Crippen molar-refractivity contribution >= 4 is 27.4 Å². The summed E-state index contributed by atoms with van der Waals surface area (Å²) in [5.41, 5.74) is 4.34. The van der Waals surface area contributed by atoms with Gasteiger partial charge in [0.1, 0.15) is 17.0 Å². The number of anilines is 1. The first kappa shape index (κ1) is 17.1. The Morgan fingerprint density at radius 3 is 2.81 bits per heavy atom. The van der Waals surface area contributed by atoms with Crippen LogP contribution in [0, 0.1) is 6.92 Å². The van der Waals surface area contributed by atoms with E-state index in [9.17, 15) is 0 Å². The minimum Gasteiger partial charge on any atom is -0.353 e. The van der Waals surface area contributed by atoms with Crippen molar-refractivity contribution in [2.75, 3.05) is 37.6 Å². The van der Waals surface area contributed by atoms with Crippen LogP contribution in [0.1, 0.15) is 28.0 Å². The van der Waals surface area contributed by atoms with Crippen LogP contribution < -0.4 is 4.90 Å². The normalized spacial score (nSPS) is 17.6. The molecule has 1 fully saturated rings. The van der Waals surface area contributed by atoms with Gasteiger partial charge in [0.2, 0.25) is 0 Å². The van der Waals surface area contributed by atoms with Crippen LogP contribution in [-0.4, -0.2) is 47.6 Å². The van der Waals surface area contributed by atoms with E-state index in [0.29, 0.717) is 0 Å². The fourth-order valence-electron chi connectivity index (χ4n) is 4.49. The number of hydrogen-bond donors (Lipinski definition) is 0. The predicted molar refractivity (Wildman–Crippen MR) is 113 cm³/mol. The molecule has 2 aromatic heterocycles. The molecule has 0 radical (unpaired) electrons. The van der Waals surface area contributed by atoms with E-state index in [0.717, 1.165) is 39.1 Å². The first-order valence-electron chi connectivity index (χ1n) is 10.1. The molecule has 3 heterocycles. The molecule has 1 aliphatic carbocycles. The molecule has 2 aliphatic rings. The van der Waals surface area contributed by atoms with Gasteiger partial charge in [-0.3, -0.25) is 4.90 Å². The van der Waals surface area contributed by atoms with Crippen molar-refractivity contribution in [3.8, 4) is 0 Å². The van der Waals surface area contributed by atoms with Gasteiger partial charge < -0.3 is 4.90 Å². The first-order valence-corrected chi connectivity index (χ1v) is 10.9. The summed E-state index contributed by atoms with van der Waals surface area (Å²) < 4.78 is 0. The molecule has 4 nitrogen and oxygen atoms in total. The predicted octanol–water partition coefficient (Wildman–Crippen LogP) is 3.85. The summed E-state index contributed by atoms with van der Waals surface area (Å²) in [4.78, 5) is 17.1. The zero-order valence-electron chi connectivity index (χ0n) is 15.9. The number of nitrogens with zero attached hydrogens (tertiary/aromatic N) is 4. The molecule has 0 unspecified atom stereocenters. The molecule has 0 N–H and O–H groups in total. The first-order chi connectivity index (χ1) is 13.3. The largest absolute Gasteiger partial charge is 0.353 e. The summed E-state index contributed by atoms with van der Waals surface area (Å²) in [6.07, 6.45) is 6.61.